The van der Waals surface area contributed by atoms with Crippen molar-refractivity contribution in [2.24, 2.45) is 0 Å². The van der Waals surface area contributed by atoms with Gasteiger partial charge in [-0.25, -0.2) is 8.42 Å². The number of amides is 1. The Hall–Kier alpha value is -1.60. The van der Waals surface area contributed by atoms with E-state index in [2.05, 4.69) is 5.32 Å². The Bertz CT molecular complexity index is 584. The van der Waals surface area contributed by atoms with Crippen LogP contribution in [0.2, 0.25) is 0 Å². The van der Waals surface area contributed by atoms with Crippen molar-refractivity contribution in [3.63, 3.8) is 0 Å². The Morgan fingerprint density at radius 1 is 1.32 bits per heavy atom. The Morgan fingerprint density at radius 2 is 1.91 bits per heavy atom. The fourth-order valence-corrected chi connectivity index (χ4v) is 3.25. The second-order valence-electron chi connectivity index (χ2n) is 5.21. The Kier molecular flexibility index (Phi) is 6.83. The third-order valence-corrected chi connectivity index (χ3v) is 4.44. The number of nitrogens with zero attached hydrogens (tertiary/aromatic N) is 1. The molecule has 1 aromatic carbocycles. The van der Waals surface area contributed by atoms with Crippen LogP contribution in [0.1, 0.15) is 18.9 Å². The summed E-state index contributed by atoms with van der Waals surface area (Å²) in [6, 6.07) is 6.21. The summed E-state index contributed by atoms with van der Waals surface area (Å²) in [6.07, 6.45) is 1.78. The van der Waals surface area contributed by atoms with Crippen LogP contribution in [0.25, 0.3) is 0 Å². The molecule has 0 saturated carbocycles. The van der Waals surface area contributed by atoms with Gasteiger partial charge in [-0.05, 0) is 32.4 Å². The number of nitrogens with one attached hydrogen (secondary N) is 1. The summed E-state index contributed by atoms with van der Waals surface area (Å²) in [6.45, 7) is 4.48. The van der Waals surface area contributed by atoms with Crippen molar-refractivity contribution in [2.75, 3.05) is 30.8 Å². The number of rotatable bonds is 8. The molecule has 0 unspecified atom stereocenters. The van der Waals surface area contributed by atoms with Gasteiger partial charge in [0, 0.05) is 20.3 Å². The fourth-order valence-electron chi connectivity index (χ4n) is 2.08. The number of benzene rings is 1. The molecule has 0 aliphatic rings. The van der Waals surface area contributed by atoms with Gasteiger partial charge in [0.2, 0.25) is 15.9 Å². The average molecular weight is 328 g/mol. The van der Waals surface area contributed by atoms with Gasteiger partial charge >= 0.3 is 0 Å². The summed E-state index contributed by atoms with van der Waals surface area (Å²) in [5.41, 5.74) is 1.50. The maximum atomic E-state index is 12.2. The molecule has 124 valence electrons. The predicted octanol–water partition coefficient (Wildman–Crippen LogP) is 1.30. The first-order valence-corrected chi connectivity index (χ1v) is 8.95. The maximum absolute atomic E-state index is 12.2. The van der Waals surface area contributed by atoms with Gasteiger partial charge in [0.1, 0.15) is 6.04 Å². The SMILES string of the molecule is COCCCNC(=O)[C@@H](C)N(c1ccc(C)cc1)S(C)(=O)=O. The number of ether oxygens (including phenoxy) is 1. The molecular formula is C15H24N2O4S. The number of aryl methyl sites for hydroxylation is 1. The summed E-state index contributed by atoms with van der Waals surface area (Å²) in [4.78, 5) is 12.2. The highest BCUT2D eigenvalue weighted by Gasteiger charge is 2.28. The minimum Gasteiger partial charge on any atom is -0.385 e. The highest BCUT2D eigenvalue weighted by Crippen LogP contribution is 2.21. The number of methoxy groups -OCH3 is 1. The molecule has 1 N–H and O–H groups in total. The molecule has 0 saturated heterocycles. The molecule has 1 rings (SSSR count). The topological polar surface area (TPSA) is 75.7 Å². The first-order valence-electron chi connectivity index (χ1n) is 7.10. The maximum Gasteiger partial charge on any atom is 0.243 e. The smallest absolute Gasteiger partial charge is 0.243 e. The molecule has 1 amide bonds. The highest BCUT2D eigenvalue weighted by atomic mass is 32.2. The number of anilines is 1. The van der Waals surface area contributed by atoms with E-state index in [1.54, 1.807) is 26.2 Å². The number of carbonyl (C=O) groups is 1. The Morgan fingerprint density at radius 3 is 2.41 bits per heavy atom. The summed E-state index contributed by atoms with van der Waals surface area (Å²) in [7, 11) is -1.97. The zero-order valence-electron chi connectivity index (χ0n) is 13.5. The number of hydrogen-bond donors (Lipinski definition) is 1. The first kappa shape index (κ1) is 18.4. The van der Waals surface area contributed by atoms with Gasteiger partial charge in [0.15, 0.2) is 0 Å². The molecule has 22 heavy (non-hydrogen) atoms. The van der Waals surface area contributed by atoms with Crippen molar-refractivity contribution in [2.45, 2.75) is 26.3 Å². The van der Waals surface area contributed by atoms with Gasteiger partial charge in [-0.3, -0.25) is 9.10 Å². The average Bonchev–Trinajstić information content (AvgIpc) is 2.44. The van der Waals surface area contributed by atoms with Gasteiger partial charge in [0.05, 0.1) is 11.9 Å². The van der Waals surface area contributed by atoms with E-state index in [1.807, 2.05) is 19.1 Å². The molecule has 0 aliphatic heterocycles. The van der Waals surface area contributed by atoms with E-state index in [0.29, 0.717) is 25.3 Å². The molecule has 0 aromatic heterocycles. The Balaban J connectivity index is 2.88. The molecule has 0 aliphatic carbocycles. The minimum absolute atomic E-state index is 0.331. The van der Waals surface area contributed by atoms with E-state index in [0.717, 1.165) is 16.1 Å². The van der Waals surface area contributed by atoms with Gasteiger partial charge in [0.25, 0.3) is 0 Å². The van der Waals surface area contributed by atoms with Gasteiger partial charge in [-0.2, -0.15) is 0 Å². The lowest BCUT2D eigenvalue weighted by molar-refractivity contribution is -0.121. The Labute approximate surface area is 132 Å². The first-order chi connectivity index (χ1) is 10.3. The fraction of sp³-hybridized carbons (Fsp3) is 0.533. The van der Waals surface area contributed by atoms with Crippen LogP contribution in [-0.2, 0) is 19.6 Å². The second-order valence-corrected chi connectivity index (χ2v) is 7.07. The lowest BCUT2D eigenvalue weighted by Gasteiger charge is -2.28. The predicted molar refractivity (Wildman–Crippen MR) is 87.5 cm³/mol. The summed E-state index contributed by atoms with van der Waals surface area (Å²) in [5.74, 6) is -0.331. The van der Waals surface area contributed by atoms with Crippen molar-refractivity contribution < 1.29 is 17.9 Å². The highest BCUT2D eigenvalue weighted by molar-refractivity contribution is 7.92. The van der Waals surface area contributed by atoms with Crippen LogP contribution in [0, 0.1) is 6.92 Å². The van der Waals surface area contributed by atoms with Crippen LogP contribution in [-0.4, -0.2) is 46.9 Å². The van der Waals surface area contributed by atoms with E-state index in [4.69, 9.17) is 4.74 Å². The zero-order valence-corrected chi connectivity index (χ0v) is 14.3. The number of carbonyl (C=O) groups excluding carboxylic acids is 1. The van der Waals surface area contributed by atoms with Crippen molar-refractivity contribution in [3.05, 3.63) is 29.8 Å². The van der Waals surface area contributed by atoms with E-state index in [9.17, 15) is 13.2 Å². The number of hydrogen-bond acceptors (Lipinski definition) is 4. The number of sulfonamides is 1. The quantitative estimate of drug-likeness (QED) is 0.730. The molecule has 6 nitrogen and oxygen atoms in total. The zero-order chi connectivity index (χ0) is 16.8. The van der Waals surface area contributed by atoms with E-state index < -0.39 is 16.1 Å². The summed E-state index contributed by atoms with van der Waals surface area (Å²) >= 11 is 0. The summed E-state index contributed by atoms with van der Waals surface area (Å²) in [5, 5.41) is 2.73. The molecule has 0 heterocycles. The van der Waals surface area contributed by atoms with Crippen molar-refractivity contribution in [1.29, 1.82) is 0 Å². The van der Waals surface area contributed by atoms with Crippen molar-refractivity contribution in [1.82, 2.24) is 5.32 Å². The third kappa shape index (κ3) is 5.31. The van der Waals surface area contributed by atoms with E-state index in [1.165, 1.54) is 0 Å². The standard InChI is InChI=1S/C15H24N2O4S/c1-12-6-8-14(9-7-12)17(22(4,19)20)13(2)15(18)16-10-5-11-21-3/h6-9,13H,5,10-11H2,1-4H3,(H,16,18)/t13-/m1/s1. The molecule has 0 bridgehead atoms. The molecule has 7 heteroatoms. The van der Waals surface area contributed by atoms with Crippen molar-refractivity contribution >= 4 is 21.6 Å². The van der Waals surface area contributed by atoms with Gasteiger partial charge in [-0.15, -0.1) is 0 Å². The monoisotopic (exact) mass is 328 g/mol. The van der Waals surface area contributed by atoms with Crippen molar-refractivity contribution in [3.8, 4) is 0 Å². The van der Waals surface area contributed by atoms with Crippen LogP contribution < -0.4 is 9.62 Å². The third-order valence-electron chi connectivity index (χ3n) is 3.20. The van der Waals surface area contributed by atoms with Crippen LogP contribution >= 0.6 is 0 Å². The largest absolute Gasteiger partial charge is 0.385 e. The van der Waals surface area contributed by atoms with Gasteiger partial charge < -0.3 is 10.1 Å². The molecule has 0 radical (unpaired) electrons. The van der Waals surface area contributed by atoms with E-state index in [-0.39, 0.29) is 5.91 Å². The molecule has 0 spiro atoms. The second kappa shape index (κ2) is 8.14. The lowest BCUT2D eigenvalue weighted by Crippen LogP contribution is -2.48. The molecule has 1 aromatic rings. The molecule has 0 fully saturated rings. The van der Waals surface area contributed by atoms with E-state index >= 15 is 0 Å². The lowest BCUT2D eigenvalue weighted by atomic mass is 10.2. The summed E-state index contributed by atoms with van der Waals surface area (Å²) < 4.78 is 30.2. The van der Waals surface area contributed by atoms with Gasteiger partial charge in [-0.1, -0.05) is 17.7 Å². The molecule has 1 atom stereocenters. The molecular weight excluding hydrogens is 304 g/mol. The minimum atomic E-state index is -3.56. The van der Waals surface area contributed by atoms with Crippen LogP contribution in [0.5, 0.6) is 0 Å². The van der Waals surface area contributed by atoms with Crippen LogP contribution in [0.3, 0.4) is 0 Å². The van der Waals surface area contributed by atoms with Crippen LogP contribution in [0.15, 0.2) is 24.3 Å². The normalized spacial score (nSPS) is 12.7. The van der Waals surface area contributed by atoms with Crippen LogP contribution in [0.4, 0.5) is 5.69 Å².